The van der Waals surface area contributed by atoms with Crippen LogP contribution in [0.5, 0.6) is 0 Å². The van der Waals surface area contributed by atoms with Crippen LogP contribution in [-0.2, 0) is 0 Å². The first-order valence-electron chi connectivity index (χ1n) is 8.17. The van der Waals surface area contributed by atoms with Crippen LogP contribution in [0.3, 0.4) is 0 Å². The highest BCUT2D eigenvalue weighted by Gasteiger charge is 2.31. The van der Waals surface area contributed by atoms with E-state index in [1.807, 2.05) is 0 Å². The fraction of sp³-hybridized carbons (Fsp3) is 1.00. The largest absolute Gasteiger partial charge is 0.396 e. The summed E-state index contributed by atoms with van der Waals surface area (Å²) in [6, 6.07) is 0.761. The molecule has 0 aromatic heterocycles. The van der Waals surface area contributed by atoms with Gasteiger partial charge in [0.15, 0.2) is 0 Å². The SMILES string of the molecule is CCC(CCO)CNC1CCC2CCCCC2C1. The number of nitrogens with one attached hydrogen (secondary N) is 1. The van der Waals surface area contributed by atoms with Crippen LogP contribution in [0.1, 0.15) is 64.7 Å². The normalized spacial score (nSPS) is 34.0. The summed E-state index contributed by atoms with van der Waals surface area (Å²) in [7, 11) is 0. The van der Waals surface area contributed by atoms with E-state index in [9.17, 15) is 0 Å². The molecule has 0 aromatic carbocycles. The lowest BCUT2D eigenvalue weighted by Crippen LogP contribution is -2.40. The first kappa shape index (κ1) is 14.3. The second-order valence-corrected chi connectivity index (χ2v) is 6.51. The molecule has 2 heteroatoms. The first-order chi connectivity index (χ1) is 8.83. The van der Waals surface area contributed by atoms with Crippen LogP contribution in [0.15, 0.2) is 0 Å². The number of aliphatic hydroxyl groups is 1. The van der Waals surface area contributed by atoms with E-state index in [-0.39, 0.29) is 0 Å². The number of hydrogen-bond acceptors (Lipinski definition) is 2. The second kappa shape index (κ2) is 7.49. The molecule has 0 radical (unpaired) electrons. The molecule has 2 rings (SSSR count). The lowest BCUT2D eigenvalue weighted by molar-refractivity contribution is 0.140. The molecule has 2 saturated carbocycles. The Morgan fingerprint density at radius 1 is 1.11 bits per heavy atom. The average Bonchev–Trinajstić information content (AvgIpc) is 2.43. The van der Waals surface area contributed by atoms with Gasteiger partial charge < -0.3 is 10.4 Å². The molecule has 2 aliphatic rings. The molecule has 4 atom stereocenters. The fourth-order valence-corrected chi connectivity index (χ4v) is 4.03. The summed E-state index contributed by atoms with van der Waals surface area (Å²) in [6.07, 6.45) is 12.3. The van der Waals surface area contributed by atoms with Gasteiger partial charge in [-0.15, -0.1) is 0 Å². The number of rotatable bonds is 6. The van der Waals surface area contributed by atoms with Crippen LogP contribution in [0.4, 0.5) is 0 Å². The van der Waals surface area contributed by atoms with Gasteiger partial charge in [0.1, 0.15) is 0 Å². The Hall–Kier alpha value is -0.0800. The third kappa shape index (κ3) is 3.96. The topological polar surface area (TPSA) is 32.3 Å². The maximum atomic E-state index is 9.03. The zero-order valence-corrected chi connectivity index (χ0v) is 12.0. The maximum absolute atomic E-state index is 9.03. The highest BCUT2D eigenvalue weighted by Crippen LogP contribution is 2.40. The van der Waals surface area contributed by atoms with Gasteiger partial charge in [0.2, 0.25) is 0 Å². The number of aliphatic hydroxyl groups excluding tert-OH is 1. The van der Waals surface area contributed by atoms with E-state index in [0.717, 1.165) is 30.8 Å². The van der Waals surface area contributed by atoms with Crippen molar-refractivity contribution in [2.45, 2.75) is 70.8 Å². The summed E-state index contributed by atoms with van der Waals surface area (Å²) >= 11 is 0. The van der Waals surface area contributed by atoms with E-state index in [2.05, 4.69) is 12.2 Å². The summed E-state index contributed by atoms with van der Waals surface area (Å²) in [4.78, 5) is 0. The lowest BCUT2D eigenvalue weighted by Gasteiger charge is -2.40. The molecule has 0 heterocycles. The molecule has 0 saturated heterocycles. The van der Waals surface area contributed by atoms with Gasteiger partial charge in [-0.05, 0) is 50.0 Å². The predicted octanol–water partition coefficient (Wildman–Crippen LogP) is 3.34. The van der Waals surface area contributed by atoms with Gasteiger partial charge in [-0.2, -0.15) is 0 Å². The predicted molar refractivity (Wildman–Crippen MR) is 76.6 cm³/mol. The van der Waals surface area contributed by atoms with Crippen LogP contribution in [0.25, 0.3) is 0 Å². The summed E-state index contributed by atoms with van der Waals surface area (Å²) in [5.41, 5.74) is 0. The standard InChI is InChI=1S/C16H31NO/c1-2-13(9-10-18)12-17-16-8-7-14-5-3-4-6-15(14)11-16/h13-18H,2-12H2,1H3. The Labute approximate surface area is 113 Å². The van der Waals surface area contributed by atoms with Crippen molar-refractivity contribution in [3.8, 4) is 0 Å². The van der Waals surface area contributed by atoms with Gasteiger partial charge in [-0.25, -0.2) is 0 Å². The molecule has 0 spiro atoms. The minimum atomic E-state index is 0.343. The Bertz CT molecular complexity index is 231. The molecule has 2 N–H and O–H groups in total. The van der Waals surface area contributed by atoms with Crippen molar-refractivity contribution in [1.82, 2.24) is 5.32 Å². The van der Waals surface area contributed by atoms with Crippen LogP contribution in [0, 0.1) is 17.8 Å². The Balaban J connectivity index is 1.70. The summed E-state index contributed by atoms with van der Waals surface area (Å²) < 4.78 is 0. The fourth-order valence-electron chi connectivity index (χ4n) is 4.03. The average molecular weight is 253 g/mol. The van der Waals surface area contributed by atoms with Crippen LogP contribution in [0.2, 0.25) is 0 Å². The van der Waals surface area contributed by atoms with E-state index in [4.69, 9.17) is 5.11 Å². The number of hydrogen-bond donors (Lipinski definition) is 2. The monoisotopic (exact) mass is 253 g/mol. The van der Waals surface area contributed by atoms with Crippen molar-refractivity contribution in [3.05, 3.63) is 0 Å². The molecular formula is C16H31NO. The van der Waals surface area contributed by atoms with Crippen molar-refractivity contribution in [1.29, 1.82) is 0 Å². The maximum Gasteiger partial charge on any atom is 0.0434 e. The Morgan fingerprint density at radius 3 is 2.61 bits per heavy atom. The van der Waals surface area contributed by atoms with E-state index in [1.54, 1.807) is 0 Å². The molecule has 2 nitrogen and oxygen atoms in total. The van der Waals surface area contributed by atoms with Crippen molar-refractivity contribution in [2.24, 2.45) is 17.8 Å². The van der Waals surface area contributed by atoms with Crippen LogP contribution in [-0.4, -0.2) is 24.3 Å². The summed E-state index contributed by atoms with van der Waals surface area (Å²) in [5.74, 6) is 2.73. The van der Waals surface area contributed by atoms with E-state index in [0.29, 0.717) is 12.5 Å². The first-order valence-corrected chi connectivity index (χ1v) is 8.17. The van der Waals surface area contributed by atoms with Gasteiger partial charge in [-0.3, -0.25) is 0 Å². The summed E-state index contributed by atoms with van der Waals surface area (Å²) in [6.45, 7) is 3.69. The molecule has 0 amide bonds. The molecule has 2 aliphatic carbocycles. The highest BCUT2D eigenvalue weighted by atomic mass is 16.3. The van der Waals surface area contributed by atoms with Crippen molar-refractivity contribution in [3.63, 3.8) is 0 Å². The molecule has 0 aromatic rings. The molecule has 0 aliphatic heterocycles. The van der Waals surface area contributed by atoms with E-state index >= 15 is 0 Å². The molecule has 0 bridgehead atoms. The second-order valence-electron chi connectivity index (χ2n) is 6.51. The Morgan fingerprint density at radius 2 is 1.89 bits per heavy atom. The highest BCUT2D eigenvalue weighted by molar-refractivity contribution is 4.86. The van der Waals surface area contributed by atoms with Crippen molar-refractivity contribution >= 4 is 0 Å². The minimum absolute atomic E-state index is 0.343. The summed E-state index contributed by atoms with van der Waals surface area (Å²) in [5, 5.41) is 12.8. The van der Waals surface area contributed by atoms with Crippen LogP contribution < -0.4 is 5.32 Å². The third-order valence-corrected chi connectivity index (χ3v) is 5.35. The van der Waals surface area contributed by atoms with Gasteiger partial charge in [-0.1, -0.05) is 39.0 Å². The third-order valence-electron chi connectivity index (χ3n) is 5.35. The zero-order chi connectivity index (χ0) is 12.8. The molecule has 18 heavy (non-hydrogen) atoms. The van der Waals surface area contributed by atoms with Gasteiger partial charge in [0.25, 0.3) is 0 Å². The Kier molecular flexibility index (Phi) is 5.97. The number of fused-ring (bicyclic) bond motifs is 1. The van der Waals surface area contributed by atoms with E-state index < -0.39 is 0 Å². The molecule has 2 fully saturated rings. The molecular weight excluding hydrogens is 222 g/mol. The zero-order valence-electron chi connectivity index (χ0n) is 12.0. The van der Waals surface area contributed by atoms with Gasteiger partial charge in [0.05, 0.1) is 0 Å². The van der Waals surface area contributed by atoms with E-state index in [1.165, 1.54) is 51.4 Å². The van der Waals surface area contributed by atoms with Gasteiger partial charge in [0, 0.05) is 12.6 Å². The van der Waals surface area contributed by atoms with Crippen LogP contribution >= 0.6 is 0 Å². The van der Waals surface area contributed by atoms with Gasteiger partial charge >= 0.3 is 0 Å². The molecule has 4 unspecified atom stereocenters. The minimum Gasteiger partial charge on any atom is -0.396 e. The lowest BCUT2D eigenvalue weighted by atomic mass is 9.69. The van der Waals surface area contributed by atoms with Crippen molar-refractivity contribution < 1.29 is 5.11 Å². The quantitative estimate of drug-likeness (QED) is 0.761. The van der Waals surface area contributed by atoms with Crippen molar-refractivity contribution in [2.75, 3.05) is 13.2 Å². The molecule has 106 valence electrons. The smallest absolute Gasteiger partial charge is 0.0434 e.